The lowest BCUT2D eigenvalue weighted by Crippen LogP contribution is -2.54. The number of nitrogens with one attached hydrogen (secondary N) is 1. The van der Waals surface area contributed by atoms with Crippen molar-refractivity contribution in [3.8, 4) is 0 Å². The molecule has 1 atom stereocenters. The normalized spacial score (nSPS) is 31.9. The summed E-state index contributed by atoms with van der Waals surface area (Å²) in [5.41, 5.74) is -0.0431. The lowest BCUT2D eigenvalue weighted by Gasteiger charge is -2.44. The van der Waals surface area contributed by atoms with Crippen LogP contribution in [0.4, 0.5) is 0 Å². The van der Waals surface area contributed by atoms with E-state index < -0.39 is 0 Å². The molecular weight excluding hydrogens is 228 g/mol. The number of methoxy groups -OCH3 is 1. The molecule has 1 saturated heterocycles. The minimum Gasteiger partial charge on any atom is -0.376 e. The molecule has 2 saturated carbocycles. The lowest BCUT2D eigenvalue weighted by atomic mass is 9.79. The minimum atomic E-state index is -0.0431. The van der Waals surface area contributed by atoms with Crippen molar-refractivity contribution in [3.05, 3.63) is 0 Å². The molecule has 0 aromatic carbocycles. The van der Waals surface area contributed by atoms with E-state index >= 15 is 0 Å². The molecule has 4 nitrogen and oxygen atoms in total. The van der Waals surface area contributed by atoms with E-state index in [0.717, 1.165) is 19.4 Å². The SMILES string of the molecule is COC1(CN2C(=O)CNC2C2CCCC2)CCC1. The first kappa shape index (κ1) is 12.4. The highest BCUT2D eigenvalue weighted by molar-refractivity contribution is 5.80. The molecule has 1 heterocycles. The zero-order valence-corrected chi connectivity index (χ0v) is 11.3. The van der Waals surface area contributed by atoms with Gasteiger partial charge in [0.2, 0.25) is 5.91 Å². The average Bonchev–Trinajstić information content (AvgIpc) is 2.94. The highest BCUT2D eigenvalue weighted by Crippen LogP contribution is 2.38. The number of rotatable bonds is 4. The second kappa shape index (κ2) is 4.82. The Morgan fingerprint density at radius 1 is 1.33 bits per heavy atom. The van der Waals surface area contributed by atoms with Gasteiger partial charge in [0, 0.05) is 7.11 Å². The molecule has 0 radical (unpaired) electrons. The molecule has 3 aliphatic rings. The Morgan fingerprint density at radius 2 is 2.06 bits per heavy atom. The number of nitrogens with zero attached hydrogens (tertiary/aromatic N) is 1. The van der Waals surface area contributed by atoms with Crippen LogP contribution in [0.15, 0.2) is 0 Å². The van der Waals surface area contributed by atoms with Gasteiger partial charge in [0.15, 0.2) is 0 Å². The Morgan fingerprint density at radius 3 is 2.61 bits per heavy atom. The van der Waals surface area contributed by atoms with Crippen LogP contribution in [0, 0.1) is 5.92 Å². The molecule has 4 heteroatoms. The molecule has 0 aromatic heterocycles. The van der Waals surface area contributed by atoms with Gasteiger partial charge in [-0.2, -0.15) is 0 Å². The Kier molecular flexibility index (Phi) is 3.32. The van der Waals surface area contributed by atoms with Crippen LogP contribution in [0.25, 0.3) is 0 Å². The van der Waals surface area contributed by atoms with Crippen molar-refractivity contribution in [2.75, 3.05) is 20.2 Å². The standard InChI is InChI=1S/C14H24N2O2/c1-18-14(7-4-8-14)10-16-12(17)9-15-13(16)11-5-2-3-6-11/h11,13,15H,2-10H2,1H3. The molecule has 1 aliphatic heterocycles. The van der Waals surface area contributed by atoms with Crippen LogP contribution in [0.2, 0.25) is 0 Å². The van der Waals surface area contributed by atoms with E-state index in [0.29, 0.717) is 12.5 Å². The molecule has 1 N–H and O–H groups in total. The van der Waals surface area contributed by atoms with Crippen LogP contribution in [-0.4, -0.2) is 42.8 Å². The van der Waals surface area contributed by atoms with Crippen molar-refractivity contribution in [1.82, 2.24) is 10.2 Å². The summed E-state index contributed by atoms with van der Waals surface area (Å²) >= 11 is 0. The molecule has 0 spiro atoms. The third-order valence-electron chi connectivity index (χ3n) is 5.12. The maximum atomic E-state index is 12.1. The predicted octanol–water partition coefficient (Wildman–Crippen LogP) is 1.50. The zero-order valence-electron chi connectivity index (χ0n) is 11.3. The van der Waals surface area contributed by atoms with Crippen LogP contribution in [-0.2, 0) is 9.53 Å². The molecule has 18 heavy (non-hydrogen) atoms. The van der Waals surface area contributed by atoms with Crippen LogP contribution in [0.3, 0.4) is 0 Å². The number of carbonyl (C=O) groups is 1. The molecule has 3 fully saturated rings. The van der Waals surface area contributed by atoms with Gasteiger partial charge in [0.05, 0.1) is 24.9 Å². The lowest BCUT2D eigenvalue weighted by molar-refractivity contribution is -0.140. The average molecular weight is 252 g/mol. The Bertz CT molecular complexity index is 316. The second-order valence-electron chi connectivity index (χ2n) is 6.13. The number of carbonyl (C=O) groups excluding carboxylic acids is 1. The summed E-state index contributed by atoms with van der Waals surface area (Å²) in [4.78, 5) is 14.2. The predicted molar refractivity (Wildman–Crippen MR) is 69.1 cm³/mol. The summed E-state index contributed by atoms with van der Waals surface area (Å²) in [7, 11) is 1.79. The van der Waals surface area contributed by atoms with Crippen molar-refractivity contribution in [2.24, 2.45) is 5.92 Å². The van der Waals surface area contributed by atoms with E-state index in [1.54, 1.807) is 7.11 Å². The largest absolute Gasteiger partial charge is 0.376 e. The van der Waals surface area contributed by atoms with Crippen LogP contribution in [0.1, 0.15) is 44.9 Å². The third-order valence-corrected chi connectivity index (χ3v) is 5.12. The smallest absolute Gasteiger partial charge is 0.237 e. The zero-order chi connectivity index (χ0) is 12.6. The van der Waals surface area contributed by atoms with E-state index in [4.69, 9.17) is 4.74 Å². The van der Waals surface area contributed by atoms with E-state index in [1.165, 1.54) is 32.1 Å². The quantitative estimate of drug-likeness (QED) is 0.824. The second-order valence-corrected chi connectivity index (χ2v) is 6.13. The number of amides is 1. The Hall–Kier alpha value is -0.610. The molecule has 2 aliphatic carbocycles. The first-order chi connectivity index (χ1) is 8.74. The fraction of sp³-hybridized carbons (Fsp3) is 0.929. The van der Waals surface area contributed by atoms with Crippen molar-refractivity contribution in [2.45, 2.75) is 56.7 Å². The summed E-state index contributed by atoms with van der Waals surface area (Å²) in [5.74, 6) is 0.917. The van der Waals surface area contributed by atoms with Gasteiger partial charge in [-0.05, 0) is 38.0 Å². The molecule has 0 bridgehead atoms. The molecule has 1 amide bonds. The topological polar surface area (TPSA) is 41.6 Å². The Balaban J connectivity index is 1.69. The molecule has 0 aromatic rings. The summed E-state index contributed by atoms with van der Waals surface area (Å²) in [5, 5.41) is 3.41. The van der Waals surface area contributed by atoms with Gasteiger partial charge in [-0.15, -0.1) is 0 Å². The molecule has 1 unspecified atom stereocenters. The maximum Gasteiger partial charge on any atom is 0.237 e. The van der Waals surface area contributed by atoms with Gasteiger partial charge >= 0.3 is 0 Å². The number of hydrogen-bond acceptors (Lipinski definition) is 3. The monoisotopic (exact) mass is 252 g/mol. The van der Waals surface area contributed by atoms with Crippen LogP contribution >= 0.6 is 0 Å². The van der Waals surface area contributed by atoms with Gasteiger partial charge in [-0.3, -0.25) is 10.1 Å². The highest BCUT2D eigenvalue weighted by atomic mass is 16.5. The summed E-state index contributed by atoms with van der Waals surface area (Å²) in [6, 6.07) is 0. The summed E-state index contributed by atoms with van der Waals surface area (Å²) in [6.45, 7) is 1.30. The fourth-order valence-electron chi connectivity index (χ4n) is 3.75. The van der Waals surface area contributed by atoms with Crippen molar-refractivity contribution in [1.29, 1.82) is 0 Å². The third kappa shape index (κ3) is 2.05. The summed E-state index contributed by atoms with van der Waals surface area (Å²) < 4.78 is 5.67. The summed E-state index contributed by atoms with van der Waals surface area (Å²) in [6.07, 6.45) is 8.88. The van der Waals surface area contributed by atoms with Crippen molar-refractivity contribution >= 4 is 5.91 Å². The van der Waals surface area contributed by atoms with Gasteiger partial charge in [-0.1, -0.05) is 12.8 Å². The minimum absolute atomic E-state index is 0.0431. The number of ether oxygens (including phenoxy) is 1. The van der Waals surface area contributed by atoms with Gasteiger partial charge in [0.25, 0.3) is 0 Å². The van der Waals surface area contributed by atoms with Gasteiger partial charge in [0.1, 0.15) is 0 Å². The van der Waals surface area contributed by atoms with Crippen molar-refractivity contribution in [3.63, 3.8) is 0 Å². The van der Waals surface area contributed by atoms with Gasteiger partial charge < -0.3 is 9.64 Å². The molecular formula is C14H24N2O2. The van der Waals surface area contributed by atoms with Crippen molar-refractivity contribution < 1.29 is 9.53 Å². The van der Waals surface area contributed by atoms with E-state index in [-0.39, 0.29) is 17.7 Å². The highest BCUT2D eigenvalue weighted by Gasteiger charge is 2.45. The van der Waals surface area contributed by atoms with Gasteiger partial charge in [-0.25, -0.2) is 0 Å². The fourth-order valence-corrected chi connectivity index (χ4v) is 3.75. The first-order valence-electron chi connectivity index (χ1n) is 7.32. The van der Waals surface area contributed by atoms with E-state index in [9.17, 15) is 4.79 Å². The Labute approximate surface area is 109 Å². The first-order valence-corrected chi connectivity index (χ1v) is 7.32. The number of hydrogen-bond donors (Lipinski definition) is 1. The molecule has 3 rings (SSSR count). The van der Waals surface area contributed by atoms with Crippen LogP contribution in [0.5, 0.6) is 0 Å². The van der Waals surface area contributed by atoms with Crippen LogP contribution < -0.4 is 5.32 Å². The maximum absolute atomic E-state index is 12.1. The molecule has 102 valence electrons. The van der Waals surface area contributed by atoms with E-state index in [1.807, 2.05) is 0 Å². The van der Waals surface area contributed by atoms with E-state index in [2.05, 4.69) is 10.2 Å².